The molecule has 0 bridgehead atoms. The summed E-state index contributed by atoms with van der Waals surface area (Å²) < 4.78 is 31.9. The van der Waals surface area contributed by atoms with Gasteiger partial charge in [-0.25, -0.2) is 13.4 Å². The zero-order valence-electron chi connectivity index (χ0n) is 11.7. The molecule has 21 heavy (non-hydrogen) atoms. The normalized spacial score (nSPS) is 14.9. The summed E-state index contributed by atoms with van der Waals surface area (Å²) in [5.41, 5.74) is 2.11. The van der Waals surface area contributed by atoms with E-state index in [0.29, 0.717) is 25.6 Å². The van der Waals surface area contributed by atoms with Gasteiger partial charge in [0.2, 0.25) is 15.9 Å². The van der Waals surface area contributed by atoms with Crippen LogP contribution in [0.4, 0.5) is 0 Å². The molecule has 0 saturated heterocycles. The highest BCUT2D eigenvalue weighted by Gasteiger charge is 2.30. The summed E-state index contributed by atoms with van der Waals surface area (Å²) in [5.74, 6) is 0.432. The number of ether oxygens (including phenoxy) is 1. The van der Waals surface area contributed by atoms with Gasteiger partial charge in [0.05, 0.1) is 12.8 Å². The van der Waals surface area contributed by atoms with Crippen LogP contribution in [-0.4, -0.2) is 24.3 Å². The molecule has 0 N–H and O–H groups in total. The lowest BCUT2D eigenvalue weighted by Crippen LogP contribution is -2.25. The minimum atomic E-state index is -3.52. The van der Waals surface area contributed by atoms with Crippen LogP contribution in [0.2, 0.25) is 0 Å². The molecule has 1 aromatic carbocycles. The summed E-state index contributed by atoms with van der Waals surface area (Å²) in [6.45, 7) is 3.17. The van der Waals surface area contributed by atoms with Gasteiger partial charge >= 0.3 is 0 Å². The lowest BCUT2D eigenvalue weighted by Gasteiger charge is -2.15. The first-order valence-corrected chi connectivity index (χ1v) is 8.21. The molecule has 0 atom stereocenters. The van der Waals surface area contributed by atoms with Crippen LogP contribution >= 0.6 is 0 Å². The van der Waals surface area contributed by atoms with E-state index in [1.165, 1.54) is 16.6 Å². The number of hydrogen-bond donors (Lipinski definition) is 0. The molecule has 0 amide bonds. The van der Waals surface area contributed by atoms with Crippen molar-refractivity contribution in [3.8, 4) is 5.88 Å². The molecule has 1 aromatic heterocycles. The van der Waals surface area contributed by atoms with Crippen molar-refractivity contribution >= 4 is 10.0 Å². The molecule has 2 aromatic rings. The third kappa shape index (κ3) is 2.64. The number of sulfonamides is 1. The molecule has 1 aliphatic rings. The van der Waals surface area contributed by atoms with Gasteiger partial charge in [-0.15, -0.1) is 0 Å². The van der Waals surface area contributed by atoms with E-state index in [-0.39, 0.29) is 4.90 Å². The van der Waals surface area contributed by atoms with Gasteiger partial charge in [-0.3, -0.25) is 0 Å². The van der Waals surface area contributed by atoms with E-state index in [9.17, 15) is 8.42 Å². The molecule has 0 spiro atoms. The summed E-state index contributed by atoms with van der Waals surface area (Å²) in [4.78, 5) is 4.22. The zero-order valence-corrected chi connectivity index (χ0v) is 12.5. The first-order valence-electron chi connectivity index (χ1n) is 6.77. The summed E-state index contributed by atoms with van der Waals surface area (Å²) in [6, 6.07) is 10.9. The van der Waals surface area contributed by atoms with Gasteiger partial charge < -0.3 is 4.74 Å². The van der Waals surface area contributed by atoms with Gasteiger partial charge in [0, 0.05) is 19.2 Å². The molecule has 0 unspecified atom stereocenters. The predicted molar refractivity (Wildman–Crippen MR) is 78.3 cm³/mol. The SMILES string of the molecule is CCOc1ccc(S(=O)(=O)N2Cc3ccccc3C2)cn1. The number of fused-ring (bicyclic) bond motifs is 1. The van der Waals surface area contributed by atoms with Gasteiger partial charge in [0.1, 0.15) is 4.90 Å². The Labute approximate surface area is 124 Å². The highest BCUT2D eigenvalue weighted by Crippen LogP contribution is 2.28. The van der Waals surface area contributed by atoms with Crippen molar-refractivity contribution in [2.75, 3.05) is 6.61 Å². The van der Waals surface area contributed by atoms with Crippen LogP contribution in [0.3, 0.4) is 0 Å². The first-order chi connectivity index (χ1) is 10.1. The maximum atomic E-state index is 12.6. The van der Waals surface area contributed by atoms with Crippen molar-refractivity contribution in [2.24, 2.45) is 0 Å². The van der Waals surface area contributed by atoms with Crippen molar-refractivity contribution in [1.29, 1.82) is 0 Å². The molecule has 5 nitrogen and oxygen atoms in total. The number of hydrogen-bond acceptors (Lipinski definition) is 4. The summed E-state index contributed by atoms with van der Waals surface area (Å²) >= 11 is 0. The van der Waals surface area contributed by atoms with Gasteiger partial charge in [0.25, 0.3) is 0 Å². The number of nitrogens with zero attached hydrogens (tertiary/aromatic N) is 2. The third-order valence-corrected chi connectivity index (χ3v) is 5.23. The predicted octanol–water partition coefficient (Wildman–Crippen LogP) is 2.18. The molecule has 2 heterocycles. The quantitative estimate of drug-likeness (QED) is 0.868. The molecule has 3 rings (SSSR count). The Morgan fingerprint density at radius 1 is 1.14 bits per heavy atom. The van der Waals surface area contributed by atoms with E-state index >= 15 is 0 Å². The Balaban J connectivity index is 1.85. The van der Waals surface area contributed by atoms with Crippen LogP contribution in [0.1, 0.15) is 18.1 Å². The van der Waals surface area contributed by atoms with Crippen LogP contribution in [0, 0.1) is 0 Å². The van der Waals surface area contributed by atoms with Crippen LogP contribution in [0.25, 0.3) is 0 Å². The van der Waals surface area contributed by atoms with Gasteiger partial charge in [-0.1, -0.05) is 24.3 Å². The molecule has 0 fully saturated rings. The minimum Gasteiger partial charge on any atom is -0.478 e. The fraction of sp³-hybridized carbons (Fsp3) is 0.267. The van der Waals surface area contributed by atoms with E-state index < -0.39 is 10.0 Å². The number of benzene rings is 1. The van der Waals surface area contributed by atoms with E-state index in [1.54, 1.807) is 6.07 Å². The van der Waals surface area contributed by atoms with Gasteiger partial charge in [0.15, 0.2) is 0 Å². The molecule has 110 valence electrons. The third-order valence-electron chi connectivity index (χ3n) is 3.45. The van der Waals surface area contributed by atoms with Crippen molar-refractivity contribution in [1.82, 2.24) is 9.29 Å². The standard InChI is InChI=1S/C15H16N2O3S/c1-2-20-15-8-7-14(9-16-15)21(18,19)17-10-12-5-3-4-6-13(12)11-17/h3-9H,2,10-11H2,1H3. The summed E-state index contributed by atoms with van der Waals surface area (Å²) in [5, 5.41) is 0. The second-order valence-electron chi connectivity index (χ2n) is 4.81. The Morgan fingerprint density at radius 3 is 2.33 bits per heavy atom. The molecule has 0 aliphatic carbocycles. The molecule has 1 aliphatic heterocycles. The highest BCUT2D eigenvalue weighted by atomic mass is 32.2. The van der Waals surface area contributed by atoms with Crippen molar-refractivity contribution in [2.45, 2.75) is 24.9 Å². The number of pyridine rings is 1. The van der Waals surface area contributed by atoms with E-state index in [1.807, 2.05) is 31.2 Å². The molecule has 0 radical (unpaired) electrons. The number of rotatable bonds is 4. The summed E-state index contributed by atoms with van der Waals surface area (Å²) in [6.07, 6.45) is 1.35. The monoisotopic (exact) mass is 304 g/mol. The van der Waals surface area contributed by atoms with E-state index in [2.05, 4.69) is 4.98 Å². The molecule has 6 heteroatoms. The van der Waals surface area contributed by atoms with Crippen LogP contribution in [-0.2, 0) is 23.1 Å². The van der Waals surface area contributed by atoms with Crippen molar-refractivity contribution in [3.05, 3.63) is 53.7 Å². The largest absolute Gasteiger partial charge is 0.478 e. The average Bonchev–Trinajstić information content (AvgIpc) is 2.93. The first kappa shape index (κ1) is 14.0. The second kappa shape index (κ2) is 5.46. The Hall–Kier alpha value is -1.92. The second-order valence-corrected chi connectivity index (χ2v) is 6.74. The Kier molecular flexibility index (Phi) is 3.65. The lowest BCUT2D eigenvalue weighted by molar-refractivity contribution is 0.326. The Bertz CT molecular complexity index is 717. The Morgan fingerprint density at radius 2 is 1.81 bits per heavy atom. The highest BCUT2D eigenvalue weighted by molar-refractivity contribution is 7.89. The van der Waals surface area contributed by atoms with Crippen molar-refractivity contribution in [3.63, 3.8) is 0 Å². The van der Waals surface area contributed by atoms with Gasteiger partial charge in [-0.2, -0.15) is 4.31 Å². The topological polar surface area (TPSA) is 59.5 Å². The fourth-order valence-electron chi connectivity index (χ4n) is 2.37. The van der Waals surface area contributed by atoms with Crippen LogP contribution in [0.5, 0.6) is 5.88 Å². The fourth-order valence-corrected chi connectivity index (χ4v) is 3.72. The average molecular weight is 304 g/mol. The van der Waals surface area contributed by atoms with E-state index in [4.69, 9.17) is 4.74 Å². The van der Waals surface area contributed by atoms with Gasteiger partial charge in [-0.05, 0) is 24.1 Å². The zero-order chi connectivity index (χ0) is 14.9. The maximum absolute atomic E-state index is 12.6. The molecule has 0 saturated carbocycles. The summed E-state index contributed by atoms with van der Waals surface area (Å²) in [7, 11) is -3.52. The minimum absolute atomic E-state index is 0.193. The smallest absolute Gasteiger partial charge is 0.245 e. The van der Waals surface area contributed by atoms with E-state index in [0.717, 1.165) is 11.1 Å². The van der Waals surface area contributed by atoms with Crippen molar-refractivity contribution < 1.29 is 13.2 Å². The molecular formula is C15H16N2O3S. The molecular weight excluding hydrogens is 288 g/mol. The lowest BCUT2D eigenvalue weighted by atomic mass is 10.1. The van der Waals surface area contributed by atoms with Crippen LogP contribution in [0.15, 0.2) is 47.5 Å². The maximum Gasteiger partial charge on any atom is 0.245 e. The number of aromatic nitrogens is 1. The van der Waals surface area contributed by atoms with Crippen LogP contribution < -0.4 is 4.74 Å².